The molecule has 0 radical (unpaired) electrons. The zero-order valence-corrected chi connectivity index (χ0v) is 11.9. The number of rotatable bonds is 5. The van der Waals surface area contributed by atoms with Crippen LogP contribution in [0.3, 0.4) is 0 Å². The number of likely N-dealkylation sites (N-methyl/N-ethyl adjacent to an activating group) is 1. The Kier molecular flexibility index (Phi) is 5.30. The van der Waals surface area contributed by atoms with Gasteiger partial charge in [-0.3, -0.25) is 4.79 Å². The van der Waals surface area contributed by atoms with Gasteiger partial charge in [0.05, 0.1) is 25.4 Å². The second kappa shape index (κ2) is 7.19. The molecule has 6 heteroatoms. The Morgan fingerprint density at radius 1 is 1.33 bits per heavy atom. The van der Waals surface area contributed by atoms with Crippen LogP contribution in [0.1, 0.15) is 15.9 Å². The first-order valence-corrected chi connectivity index (χ1v) is 6.85. The molecule has 0 spiro atoms. The maximum absolute atomic E-state index is 12.1. The first kappa shape index (κ1) is 15.5. The van der Waals surface area contributed by atoms with Gasteiger partial charge in [0.25, 0.3) is 5.91 Å². The summed E-state index contributed by atoms with van der Waals surface area (Å²) in [4.78, 5) is 24.8. The molecule has 0 saturated carbocycles. The molecule has 2 rings (SSSR count). The zero-order chi connectivity index (χ0) is 15.2. The third-order valence-corrected chi connectivity index (χ3v) is 3.43. The third-order valence-electron chi connectivity index (χ3n) is 3.43. The Morgan fingerprint density at radius 3 is 2.76 bits per heavy atom. The molecule has 114 valence electrons. The molecule has 0 aromatic heterocycles. The third kappa shape index (κ3) is 4.03. The second-order valence-corrected chi connectivity index (χ2v) is 4.91. The first-order valence-electron chi connectivity index (χ1n) is 6.85. The highest BCUT2D eigenvalue weighted by molar-refractivity contribution is 5.89. The van der Waals surface area contributed by atoms with Gasteiger partial charge in [-0.15, -0.1) is 0 Å². The van der Waals surface area contributed by atoms with Crippen molar-refractivity contribution < 1.29 is 24.2 Å². The molecular weight excluding hydrogens is 274 g/mol. The number of hydrogen-bond donors (Lipinski definition) is 1. The number of carboxylic acid groups (broad SMARTS) is 1. The molecule has 1 unspecified atom stereocenters. The summed E-state index contributed by atoms with van der Waals surface area (Å²) in [6.45, 7) is 1.64. The lowest BCUT2D eigenvalue weighted by Crippen LogP contribution is -2.44. The Balaban J connectivity index is 1.93. The molecule has 1 aromatic carbocycles. The average molecular weight is 293 g/mol. The van der Waals surface area contributed by atoms with Gasteiger partial charge in [0, 0.05) is 13.6 Å². The van der Waals surface area contributed by atoms with Crippen molar-refractivity contribution in [3.8, 4) is 0 Å². The van der Waals surface area contributed by atoms with Crippen LogP contribution in [0, 0.1) is 0 Å². The Bertz CT molecular complexity index is 511. The number of carbonyl (C=O) groups excluding carboxylic acids is 1. The summed E-state index contributed by atoms with van der Waals surface area (Å²) in [5.74, 6) is -1.09. The first-order chi connectivity index (χ1) is 10.1. The standard InChI is InChI=1S/C15H19NO5/c1-16(14(17)13-10-20-8-9-21-13)7-6-11-4-2-3-5-12(11)15(18)19/h2-5,13H,6-10H2,1H3,(H,18,19). The van der Waals surface area contributed by atoms with Crippen molar-refractivity contribution >= 4 is 11.9 Å². The van der Waals surface area contributed by atoms with Crippen LogP contribution in [0.2, 0.25) is 0 Å². The van der Waals surface area contributed by atoms with Gasteiger partial charge in [-0.2, -0.15) is 0 Å². The van der Waals surface area contributed by atoms with E-state index in [0.717, 1.165) is 0 Å². The van der Waals surface area contributed by atoms with Crippen molar-refractivity contribution in [3.05, 3.63) is 35.4 Å². The van der Waals surface area contributed by atoms with Gasteiger partial charge < -0.3 is 19.5 Å². The van der Waals surface area contributed by atoms with Crippen LogP contribution in [-0.4, -0.2) is 61.4 Å². The van der Waals surface area contributed by atoms with Crippen molar-refractivity contribution in [2.45, 2.75) is 12.5 Å². The topological polar surface area (TPSA) is 76.1 Å². The molecule has 6 nitrogen and oxygen atoms in total. The molecule has 1 aliphatic heterocycles. The summed E-state index contributed by atoms with van der Waals surface area (Å²) >= 11 is 0. The molecule has 1 fully saturated rings. The van der Waals surface area contributed by atoms with Crippen molar-refractivity contribution in [3.63, 3.8) is 0 Å². The highest BCUT2D eigenvalue weighted by Crippen LogP contribution is 2.11. The van der Waals surface area contributed by atoms with Crippen LogP contribution in [0.25, 0.3) is 0 Å². The zero-order valence-electron chi connectivity index (χ0n) is 11.9. The molecule has 1 heterocycles. The molecule has 1 saturated heterocycles. The van der Waals surface area contributed by atoms with Gasteiger partial charge >= 0.3 is 5.97 Å². The van der Waals surface area contributed by atoms with E-state index in [9.17, 15) is 9.59 Å². The number of benzene rings is 1. The molecule has 0 aliphatic carbocycles. The minimum Gasteiger partial charge on any atom is -0.478 e. The van der Waals surface area contributed by atoms with Crippen molar-refractivity contribution in [2.24, 2.45) is 0 Å². The summed E-state index contributed by atoms with van der Waals surface area (Å²) in [6, 6.07) is 6.82. The predicted molar refractivity (Wildman–Crippen MR) is 75.3 cm³/mol. The van der Waals surface area contributed by atoms with E-state index in [1.165, 1.54) is 0 Å². The van der Waals surface area contributed by atoms with E-state index in [-0.39, 0.29) is 18.1 Å². The van der Waals surface area contributed by atoms with E-state index in [4.69, 9.17) is 14.6 Å². The van der Waals surface area contributed by atoms with Crippen LogP contribution in [0.5, 0.6) is 0 Å². The SMILES string of the molecule is CN(CCc1ccccc1C(=O)O)C(=O)C1COCCO1. The fourth-order valence-corrected chi connectivity index (χ4v) is 2.22. The summed E-state index contributed by atoms with van der Waals surface area (Å²) < 4.78 is 10.6. The van der Waals surface area contributed by atoms with Crippen molar-refractivity contribution in [1.82, 2.24) is 4.90 Å². The molecular formula is C15H19NO5. The number of aromatic carboxylic acids is 1. The smallest absolute Gasteiger partial charge is 0.335 e. The van der Waals surface area contributed by atoms with Gasteiger partial charge in [0.2, 0.25) is 0 Å². The Hall–Kier alpha value is -1.92. The lowest BCUT2D eigenvalue weighted by Gasteiger charge is -2.26. The minimum atomic E-state index is -0.955. The van der Waals surface area contributed by atoms with Gasteiger partial charge in [0.1, 0.15) is 0 Å². The Labute approximate surface area is 123 Å². The largest absolute Gasteiger partial charge is 0.478 e. The fraction of sp³-hybridized carbons (Fsp3) is 0.467. The molecule has 1 N–H and O–H groups in total. The monoisotopic (exact) mass is 293 g/mol. The van der Waals surface area contributed by atoms with Gasteiger partial charge in [-0.05, 0) is 18.1 Å². The second-order valence-electron chi connectivity index (χ2n) is 4.91. The fourth-order valence-electron chi connectivity index (χ4n) is 2.22. The van der Waals surface area contributed by atoms with E-state index in [1.807, 2.05) is 0 Å². The molecule has 1 atom stereocenters. The lowest BCUT2D eigenvalue weighted by molar-refractivity contribution is -0.156. The molecule has 1 aliphatic rings. The number of carboxylic acids is 1. The average Bonchev–Trinajstić information content (AvgIpc) is 2.52. The van der Waals surface area contributed by atoms with Crippen LogP contribution in [0.4, 0.5) is 0 Å². The number of nitrogens with zero attached hydrogens (tertiary/aromatic N) is 1. The van der Waals surface area contributed by atoms with Crippen molar-refractivity contribution in [2.75, 3.05) is 33.4 Å². The summed E-state index contributed by atoms with van der Waals surface area (Å²) in [7, 11) is 1.68. The lowest BCUT2D eigenvalue weighted by atomic mass is 10.0. The van der Waals surface area contributed by atoms with Crippen LogP contribution in [-0.2, 0) is 20.7 Å². The van der Waals surface area contributed by atoms with E-state index in [0.29, 0.717) is 31.7 Å². The predicted octanol–water partition coefficient (Wildman–Crippen LogP) is 0.801. The summed E-state index contributed by atoms with van der Waals surface area (Å²) in [5.41, 5.74) is 0.987. The molecule has 1 aromatic rings. The maximum atomic E-state index is 12.1. The van der Waals surface area contributed by atoms with Crippen LogP contribution in [0.15, 0.2) is 24.3 Å². The van der Waals surface area contributed by atoms with Crippen molar-refractivity contribution in [1.29, 1.82) is 0 Å². The molecule has 1 amide bonds. The van der Waals surface area contributed by atoms with Crippen LogP contribution >= 0.6 is 0 Å². The summed E-state index contributed by atoms with van der Waals surface area (Å²) in [5, 5.41) is 9.13. The van der Waals surface area contributed by atoms with E-state index in [2.05, 4.69) is 0 Å². The van der Waals surface area contributed by atoms with Gasteiger partial charge in [-0.1, -0.05) is 18.2 Å². The highest BCUT2D eigenvalue weighted by atomic mass is 16.6. The maximum Gasteiger partial charge on any atom is 0.335 e. The number of ether oxygens (including phenoxy) is 2. The van der Waals surface area contributed by atoms with E-state index < -0.39 is 12.1 Å². The van der Waals surface area contributed by atoms with E-state index in [1.54, 1.807) is 36.2 Å². The Morgan fingerprint density at radius 2 is 2.10 bits per heavy atom. The van der Waals surface area contributed by atoms with Gasteiger partial charge in [0.15, 0.2) is 6.10 Å². The number of carbonyl (C=O) groups is 2. The molecule has 0 bridgehead atoms. The quantitative estimate of drug-likeness (QED) is 0.869. The highest BCUT2D eigenvalue weighted by Gasteiger charge is 2.25. The number of hydrogen-bond acceptors (Lipinski definition) is 4. The van der Waals surface area contributed by atoms with E-state index >= 15 is 0 Å². The van der Waals surface area contributed by atoms with Gasteiger partial charge in [-0.25, -0.2) is 4.79 Å². The normalized spacial score (nSPS) is 18.2. The molecule has 21 heavy (non-hydrogen) atoms. The summed E-state index contributed by atoms with van der Waals surface area (Å²) in [6.07, 6.45) is -0.0726. The van der Waals surface area contributed by atoms with Crippen LogP contribution < -0.4 is 0 Å². The number of amides is 1. The minimum absolute atomic E-state index is 0.137.